The molecule has 0 aromatic carbocycles. The van der Waals surface area contributed by atoms with Crippen molar-refractivity contribution in [2.45, 2.75) is 46.8 Å². The van der Waals surface area contributed by atoms with Crippen LogP contribution in [-0.2, 0) is 9.47 Å². The fourth-order valence-electron chi connectivity index (χ4n) is 1.19. The second-order valence-electron chi connectivity index (χ2n) is 3.92. The average molecular weight is 234 g/mol. The van der Waals surface area contributed by atoms with Crippen molar-refractivity contribution in [3.8, 4) is 0 Å². The minimum atomic E-state index is 0.00606. The molecule has 92 valence electrons. The van der Waals surface area contributed by atoms with E-state index in [1.54, 1.807) is 0 Å². The van der Waals surface area contributed by atoms with Gasteiger partial charge in [-0.15, -0.1) is 0 Å². The molecule has 0 aromatic heterocycles. The molecule has 0 N–H and O–H groups in total. The monoisotopic (exact) mass is 234 g/mol. The second-order valence-corrected chi connectivity index (χ2v) is 5.15. The van der Waals surface area contributed by atoms with Crippen molar-refractivity contribution in [3.63, 3.8) is 0 Å². The first kappa shape index (κ1) is 15.3. The SMILES string of the molecule is CCOC(CCSCCC(C)C)OCC. The molecule has 0 bridgehead atoms. The Morgan fingerprint density at radius 1 is 0.933 bits per heavy atom. The molecule has 0 radical (unpaired) electrons. The van der Waals surface area contributed by atoms with Crippen molar-refractivity contribution in [1.82, 2.24) is 0 Å². The number of hydrogen-bond acceptors (Lipinski definition) is 3. The molecule has 3 heteroatoms. The molecule has 0 fully saturated rings. The molecule has 0 aromatic rings. The Morgan fingerprint density at radius 3 is 1.93 bits per heavy atom. The van der Waals surface area contributed by atoms with Crippen LogP contribution in [0.4, 0.5) is 0 Å². The molecule has 0 aliphatic carbocycles. The maximum absolute atomic E-state index is 5.47. The summed E-state index contributed by atoms with van der Waals surface area (Å²) in [5.74, 6) is 3.20. The van der Waals surface area contributed by atoms with Crippen LogP contribution < -0.4 is 0 Å². The van der Waals surface area contributed by atoms with E-state index in [2.05, 4.69) is 13.8 Å². The first-order valence-corrected chi connectivity index (χ1v) is 7.17. The van der Waals surface area contributed by atoms with Crippen LogP contribution in [0.1, 0.15) is 40.5 Å². The number of ether oxygens (including phenoxy) is 2. The number of hydrogen-bond donors (Lipinski definition) is 0. The van der Waals surface area contributed by atoms with Crippen molar-refractivity contribution in [1.29, 1.82) is 0 Å². The van der Waals surface area contributed by atoms with Gasteiger partial charge in [0.05, 0.1) is 0 Å². The van der Waals surface area contributed by atoms with Crippen LogP contribution >= 0.6 is 11.8 Å². The molecule has 0 saturated carbocycles. The molecule has 0 aliphatic heterocycles. The van der Waals surface area contributed by atoms with Gasteiger partial charge in [-0.2, -0.15) is 11.8 Å². The number of thioether (sulfide) groups is 1. The Morgan fingerprint density at radius 2 is 1.47 bits per heavy atom. The maximum atomic E-state index is 5.47. The largest absolute Gasteiger partial charge is 0.353 e. The zero-order chi connectivity index (χ0) is 11.5. The van der Waals surface area contributed by atoms with E-state index in [0.717, 1.165) is 31.3 Å². The van der Waals surface area contributed by atoms with E-state index in [-0.39, 0.29) is 6.29 Å². The van der Waals surface area contributed by atoms with Crippen LogP contribution in [0.3, 0.4) is 0 Å². The smallest absolute Gasteiger partial charge is 0.158 e. The molecule has 15 heavy (non-hydrogen) atoms. The minimum absolute atomic E-state index is 0.00606. The third-order valence-electron chi connectivity index (χ3n) is 2.04. The summed E-state index contributed by atoms with van der Waals surface area (Å²) in [5.41, 5.74) is 0. The first-order valence-electron chi connectivity index (χ1n) is 6.01. The minimum Gasteiger partial charge on any atom is -0.353 e. The van der Waals surface area contributed by atoms with E-state index in [9.17, 15) is 0 Å². The van der Waals surface area contributed by atoms with E-state index in [1.165, 1.54) is 12.2 Å². The maximum Gasteiger partial charge on any atom is 0.158 e. The van der Waals surface area contributed by atoms with Gasteiger partial charge in [0.1, 0.15) is 0 Å². The fourth-order valence-corrected chi connectivity index (χ4v) is 2.39. The van der Waals surface area contributed by atoms with E-state index in [0.29, 0.717) is 0 Å². The second kappa shape index (κ2) is 10.8. The van der Waals surface area contributed by atoms with E-state index < -0.39 is 0 Å². The van der Waals surface area contributed by atoms with Crippen molar-refractivity contribution in [2.24, 2.45) is 5.92 Å². The zero-order valence-electron chi connectivity index (χ0n) is 10.6. The molecular formula is C12H26O2S. The quantitative estimate of drug-likeness (QED) is 0.425. The van der Waals surface area contributed by atoms with Crippen molar-refractivity contribution in [2.75, 3.05) is 24.7 Å². The van der Waals surface area contributed by atoms with Gasteiger partial charge < -0.3 is 9.47 Å². The van der Waals surface area contributed by atoms with Crippen molar-refractivity contribution < 1.29 is 9.47 Å². The van der Waals surface area contributed by atoms with Crippen LogP contribution in [-0.4, -0.2) is 31.0 Å². The van der Waals surface area contributed by atoms with Gasteiger partial charge in [0.25, 0.3) is 0 Å². The van der Waals surface area contributed by atoms with Gasteiger partial charge in [-0.1, -0.05) is 13.8 Å². The normalized spacial score (nSPS) is 11.6. The summed E-state index contributed by atoms with van der Waals surface area (Å²) in [6, 6.07) is 0. The van der Waals surface area contributed by atoms with Gasteiger partial charge in [-0.05, 0) is 37.7 Å². The Labute approximate surface area is 99.1 Å². The lowest BCUT2D eigenvalue weighted by molar-refractivity contribution is -0.136. The van der Waals surface area contributed by atoms with Crippen LogP contribution in [0.5, 0.6) is 0 Å². The van der Waals surface area contributed by atoms with Crippen LogP contribution in [0, 0.1) is 5.92 Å². The highest BCUT2D eigenvalue weighted by molar-refractivity contribution is 7.99. The summed E-state index contributed by atoms with van der Waals surface area (Å²) in [4.78, 5) is 0. The summed E-state index contributed by atoms with van der Waals surface area (Å²) in [7, 11) is 0. The lowest BCUT2D eigenvalue weighted by atomic mass is 10.2. The topological polar surface area (TPSA) is 18.5 Å². The lowest BCUT2D eigenvalue weighted by Gasteiger charge is -2.16. The van der Waals surface area contributed by atoms with Gasteiger partial charge in [-0.3, -0.25) is 0 Å². The Kier molecular flexibility index (Phi) is 11.0. The van der Waals surface area contributed by atoms with E-state index in [1.807, 2.05) is 25.6 Å². The molecule has 0 unspecified atom stereocenters. The molecule has 2 nitrogen and oxygen atoms in total. The van der Waals surface area contributed by atoms with Crippen LogP contribution in [0.25, 0.3) is 0 Å². The van der Waals surface area contributed by atoms with E-state index >= 15 is 0 Å². The van der Waals surface area contributed by atoms with Gasteiger partial charge >= 0.3 is 0 Å². The Bertz CT molecular complexity index is 123. The van der Waals surface area contributed by atoms with Crippen molar-refractivity contribution in [3.05, 3.63) is 0 Å². The van der Waals surface area contributed by atoms with Gasteiger partial charge in [0, 0.05) is 19.6 Å². The molecule has 0 spiro atoms. The van der Waals surface area contributed by atoms with Gasteiger partial charge in [0.2, 0.25) is 0 Å². The number of rotatable bonds is 10. The third kappa shape index (κ3) is 10.6. The molecule has 0 amide bonds. The van der Waals surface area contributed by atoms with Crippen LogP contribution in [0.2, 0.25) is 0 Å². The summed E-state index contributed by atoms with van der Waals surface area (Å²) >= 11 is 2.00. The highest BCUT2D eigenvalue weighted by Crippen LogP contribution is 2.12. The average Bonchev–Trinajstić information content (AvgIpc) is 2.17. The standard InChI is InChI=1S/C12H26O2S/c1-5-13-12(14-6-2)8-10-15-9-7-11(3)4/h11-12H,5-10H2,1-4H3. The Balaban J connectivity index is 3.36. The Hall–Kier alpha value is 0.270. The van der Waals surface area contributed by atoms with Crippen LogP contribution in [0.15, 0.2) is 0 Å². The molecule has 0 aliphatic rings. The summed E-state index contributed by atoms with van der Waals surface area (Å²) < 4.78 is 10.9. The molecular weight excluding hydrogens is 208 g/mol. The van der Waals surface area contributed by atoms with Gasteiger partial charge in [0.15, 0.2) is 6.29 Å². The summed E-state index contributed by atoms with van der Waals surface area (Å²) in [5, 5.41) is 0. The third-order valence-corrected chi connectivity index (χ3v) is 3.09. The highest BCUT2D eigenvalue weighted by Gasteiger charge is 2.07. The molecule has 0 rings (SSSR count). The first-order chi connectivity index (χ1) is 7.20. The van der Waals surface area contributed by atoms with Gasteiger partial charge in [-0.25, -0.2) is 0 Å². The molecule has 0 saturated heterocycles. The summed E-state index contributed by atoms with van der Waals surface area (Å²) in [6.45, 7) is 10.0. The molecule has 0 heterocycles. The van der Waals surface area contributed by atoms with Crippen molar-refractivity contribution >= 4 is 11.8 Å². The highest BCUT2D eigenvalue weighted by atomic mass is 32.2. The lowest BCUT2D eigenvalue weighted by Crippen LogP contribution is -2.18. The fraction of sp³-hybridized carbons (Fsp3) is 1.00. The van der Waals surface area contributed by atoms with E-state index in [4.69, 9.17) is 9.47 Å². The zero-order valence-corrected chi connectivity index (χ0v) is 11.4. The predicted octanol–water partition coefficient (Wildman–Crippen LogP) is 3.55. The summed E-state index contributed by atoms with van der Waals surface area (Å²) in [6.07, 6.45) is 2.31. The molecule has 0 atom stereocenters. The predicted molar refractivity (Wildman–Crippen MR) is 68.4 cm³/mol.